The Morgan fingerprint density at radius 3 is 2.62 bits per heavy atom. The van der Waals surface area contributed by atoms with E-state index in [0.29, 0.717) is 12.8 Å². The first-order valence-corrected chi connectivity index (χ1v) is 10.1. The maximum atomic E-state index is 11.6. The van der Waals surface area contributed by atoms with Gasteiger partial charge in [-0.1, -0.05) is 48.7 Å². The van der Waals surface area contributed by atoms with Crippen LogP contribution in [0.4, 0.5) is 0 Å². The zero-order valence-electron chi connectivity index (χ0n) is 12.7. The molecule has 0 amide bonds. The number of rotatable bonds is 11. The van der Waals surface area contributed by atoms with Crippen LogP contribution in [-0.4, -0.2) is 45.4 Å². The normalized spacial score (nSPS) is 14.0. The average Bonchev–Trinajstić information content (AvgIpc) is 2.94. The fourth-order valence-corrected chi connectivity index (χ4v) is 4.41. The molecule has 0 aromatic carbocycles. The van der Waals surface area contributed by atoms with Crippen LogP contribution in [0.3, 0.4) is 0 Å². The zero-order valence-corrected chi connectivity index (χ0v) is 15.2. The number of carboxylic acids is 1. The molecule has 0 radical (unpaired) electrons. The van der Waals surface area contributed by atoms with Gasteiger partial charge >= 0.3 is 5.97 Å². The van der Waals surface area contributed by atoms with Crippen molar-refractivity contribution in [1.29, 1.82) is 0 Å². The van der Waals surface area contributed by atoms with E-state index >= 15 is 0 Å². The molecule has 0 saturated heterocycles. The summed E-state index contributed by atoms with van der Waals surface area (Å²) >= 11 is 4.84. The highest BCUT2D eigenvalue weighted by molar-refractivity contribution is 8.02. The van der Waals surface area contributed by atoms with Gasteiger partial charge in [-0.25, -0.2) is 0 Å². The lowest BCUT2D eigenvalue weighted by molar-refractivity contribution is -0.145. The average molecular weight is 350 g/mol. The SMILES string of the molecule is CCCNC(CC)(CCCSc1nnc(SC)s1)C(=O)O. The van der Waals surface area contributed by atoms with Crippen LogP contribution in [0.1, 0.15) is 39.5 Å². The standard InChI is InChI=1S/C13H23N3O2S3/c1-4-8-14-13(5-2,10(17)18)7-6-9-20-12-16-15-11(19-3)21-12/h14H,4-9H2,1-3H3,(H,17,18). The van der Waals surface area contributed by atoms with Crippen molar-refractivity contribution in [2.75, 3.05) is 18.6 Å². The number of nitrogens with zero attached hydrogens (tertiary/aromatic N) is 2. The second-order valence-electron chi connectivity index (χ2n) is 4.66. The molecule has 2 N–H and O–H groups in total. The van der Waals surface area contributed by atoms with Crippen molar-refractivity contribution in [2.24, 2.45) is 0 Å². The molecule has 0 bridgehead atoms. The first kappa shape index (κ1) is 18.7. The van der Waals surface area contributed by atoms with Crippen LogP contribution < -0.4 is 5.32 Å². The molecule has 1 heterocycles. The third-order valence-corrected chi connectivity index (χ3v) is 6.38. The molecule has 0 aliphatic carbocycles. The number of thioether (sulfide) groups is 2. The third kappa shape index (κ3) is 5.77. The van der Waals surface area contributed by atoms with Gasteiger partial charge in [0, 0.05) is 5.75 Å². The molecule has 120 valence electrons. The van der Waals surface area contributed by atoms with Crippen LogP contribution in [0.5, 0.6) is 0 Å². The fraction of sp³-hybridized carbons (Fsp3) is 0.769. The Balaban J connectivity index is 2.43. The monoisotopic (exact) mass is 349 g/mol. The minimum atomic E-state index is -0.790. The molecular weight excluding hydrogens is 326 g/mol. The van der Waals surface area contributed by atoms with Crippen LogP contribution in [0.25, 0.3) is 0 Å². The number of nitrogens with one attached hydrogen (secondary N) is 1. The highest BCUT2D eigenvalue weighted by Crippen LogP contribution is 2.29. The summed E-state index contributed by atoms with van der Waals surface area (Å²) in [5.41, 5.74) is -0.790. The van der Waals surface area contributed by atoms with E-state index in [4.69, 9.17) is 0 Å². The maximum Gasteiger partial charge on any atom is 0.323 e. The van der Waals surface area contributed by atoms with Crippen molar-refractivity contribution >= 4 is 40.8 Å². The smallest absolute Gasteiger partial charge is 0.323 e. The minimum Gasteiger partial charge on any atom is -0.480 e. The van der Waals surface area contributed by atoms with Gasteiger partial charge in [-0.15, -0.1) is 10.2 Å². The highest BCUT2D eigenvalue weighted by atomic mass is 32.2. The third-order valence-electron chi connectivity index (χ3n) is 3.26. The number of carboxylic acid groups (broad SMARTS) is 1. The predicted octanol–water partition coefficient (Wildman–Crippen LogP) is 3.37. The van der Waals surface area contributed by atoms with Crippen LogP contribution in [0, 0.1) is 0 Å². The summed E-state index contributed by atoms with van der Waals surface area (Å²) in [5, 5.41) is 20.9. The van der Waals surface area contributed by atoms with E-state index < -0.39 is 11.5 Å². The number of aliphatic carboxylic acids is 1. The number of aromatic nitrogens is 2. The molecule has 1 aromatic rings. The Kier molecular flexibility index (Phi) is 8.62. The van der Waals surface area contributed by atoms with Crippen molar-refractivity contribution in [1.82, 2.24) is 15.5 Å². The van der Waals surface area contributed by atoms with Crippen molar-refractivity contribution in [3.8, 4) is 0 Å². The topological polar surface area (TPSA) is 75.1 Å². The van der Waals surface area contributed by atoms with E-state index in [2.05, 4.69) is 15.5 Å². The molecule has 5 nitrogen and oxygen atoms in total. The van der Waals surface area contributed by atoms with Crippen LogP contribution in [0.15, 0.2) is 8.68 Å². The van der Waals surface area contributed by atoms with Gasteiger partial charge in [0.25, 0.3) is 0 Å². The molecule has 1 rings (SSSR count). The van der Waals surface area contributed by atoms with Crippen LogP contribution in [0.2, 0.25) is 0 Å². The van der Waals surface area contributed by atoms with Crippen molar-refractivity contribution in [3.63, 3.8) is 0 Å². The van der Waals surface area contributed by atoms with E-state index in [0.717, 1.165) is 33.8 Å². The summed E-state index contributed by atoms with van der Waals surface area (Å²) in [4.78, 5) is 11.6. The quantitative estimate of drug-likeness (QED) is 0.468. The zero-order chi connectivity index (χ0) is 15.7. The maximum absolute atomic E-state index is 11.6. The van der Waals surface area contributed by atoms with Gasteiger partial charge in [0.05, 0.1) is 0 Å². The van der Waals surface area contributed by atoms with Crippen LogP contribution in [-0.2, 0) is 4.79 Å². The summed E-state index contributed by atoms with van der Waals surface area (Å²) in [6, 6.07) is 0. The van der Waals surface area contributed by atoms with Gasteiger partial charge in [-0.05, 0) is 38.5 Å². The van der Waals surface area contributed by atoms with E-state index in [1.54, 1.807) is 34.9 Å². The first-order chi connectivity index (χ1) is 10.1. The molecule has 1 atom stereocenters. The predicted molar refractivity (Wildman–Crippen MR) is 90.6 cm³/mol. The second-order valence-corrected chi connectivity index (χ2v) is 8.03. The van der Waals surface area contributed by atoms with E-state index in [1.807, 2.05) is 20.1 Å². The van der Waals surface area contributed by atoms with Gasteiger partial charge < -0.3 is 10.4 Å². The van der Waals surface area contributed by atoms with Gasteiger partial charge in [0.1, 0.15) is 5.54 Å². The molecule has 8 heteroatoms. The molecule has 1 aromatic heterocycles. The van der Waals surface area contributed by atoms with Crippen molar-refractivity contribution in [3.05, 3.63) is 0 Å². The lowest BCUT2D eigenvalue weighted by Crippen LogP contribution is -2.52. The van der Waals surface area contributed by atoms with Crippen molar-refractivity contribution < 1.29 is 9.90 Å². The largest absolute Gasteiger partial charge is 0.480 e. The van der Waals surface area contributed by atoms with Gasteiger partial charge in [0.15, 0.2) is 8.68 Å². The Bertz CT molecular complexity index is 442. The molecule has 1 unspecified atom stereocenters. The van der Waals surface area contributed by atoms with Crippen molar-refractivity contribution in [2.45, 2.75) is 53.7 Å². The lowest BCUT2D eigenvalue weighted by Gasteiger charge is -2.29. The van der Waals surface area contributed by atoms with E-state index in [1.165, 1.54) is 0 Å². The Morgan fingerprint density at radius 2 is 2.10 bits per heavy atom. The lowest BCUT2D eigenvalue weighted by atomic mass is 9.90. The molecule has 0 aliphatic rings. The highest BCUT2D eigenvalue weighted by Gasteiger charge is 2.35. The number of hydrogen-bond acceptors (Lipinski definition) is 7. The summed E-state index contributed by atoms with van der Waals surface area (Å²) in [6.45, 7) is 4.71. The Morgan fingerprint density at radius 1 is 1.38 bits per heavy atom. The second kappa shape index (κ2) is 9.66. The van der Waals surface area contributed by atoms with E-state index in [-0.39, 0.29) is 0 Å². The first-order valence-electron chi connectivity index (χ1n) is 7.06. The number of hydrogen-bond donors (Lipinski definition) is 2. The summed E-state index contributed by atoms with van der Waals surface area (Å²) in [7, 11) is 0. The molecule has 0 saturated carbocycles. The van der Waals surface area contributed by atoms with Gasteiger partial charge in [-0.3, -0.25) is 4.79 Å². The van der Waals surface area contributed by atoms with E-state index in [9.17, 15) is 9.90 Å². The fourth-order valence-electron chi connectivity index (χ4n) is 1.96. The molecule has 21 heavy (non-hydrogen) atoms. The number of carbonyl (C=O) groups is 1. The summed E-state index contributed by atoms with van der Waals surface area (Å²) < 4.78 is 1.92. The van der Waals surface area contributed by atoms with Crippen LogP contribution >= 0.6 is 34.9 Å². The summed E-state index contributed by atoms with van der Waals surface area (Å²) in [6.07, 6.45) is 5.00. The summed E-state index contributed by atoms with van der Waals surface area (Å²) in [5.74, 6) is 0.121. The molecule has 0 aliphatic heterocycles. The van der Waals surface area contributed by atoms with Gasteiger partial charge in [-0.2, -0.15) is 0 Å². The Labute approximate surface area is 138 Å². The molecular formula is C13H23N3O2S3. The minimum absolute atomic E-state index is 0.600. The molecule has 0 spiro atoms. The Hall–Kier alpha value is -0.310. The molecule has 0 fully saturated rings. The van der Waals surface area contributed by atoms with Gasteiger partial charge in [0.2, 0.25) is 0 Å².